The van der Waals surface area contributed by atoms with Crippen molar-refractivity contribution in [3.63, 3.8) is 0 Å². The maximum atomic E-state index is 6.11. The van der Waals surface area contributed by atoms with Crippen LogP contribution in [0.4, 0.5) is 11.6 Å². The van der Waals surface area contributed by atoms with Crippen molar-refractivity contribution in [2.24, 2.45) is 0 Å². The van der Waals surface area contributed by atoms with Gasteiger partial charge in [0.15, 0.2) is 0 Å². The number of aromatic nitrogens is 2. The third kappa shape index (κ3) is 2.47. The molecule has 1 aromatic carbocycles. The number of methoxy groups -OCH3 is 1. The molecule has 0 radical (unpaired) electrons. The third-order valence-electron chi connectivity index (χ3n) is 2.62. The van der Waals surface area contributed by atoms with E-state index in [0.717, 1.165) is 21.7 Å². The van der Waals surface area contributed by atoms with Crippen LogP contribution in [-0.2, 0) is 0 Å². The molecule has 1 N–H and O–H groups in total. The molecular weight excluding hydrogens is 282 g/mol. The number of halogens is 1. The first-order valence-corrected chi connectivity index (χ1v) is 6.84. The fourth-order valence-corrected chi connectivity index (χ4v) is 2.73. The molecule has 2 aromatic heterocycles. The van der Waals surface area contributed by atoms with Gasteiger partial charge in [0.05, 0.1) is 7.11 Å². The molecule has 0 saturated carbocycles. The maximum Gasteiger partial charge on any atom is 0.230 e. The molecule has 3 rings (SSSR count). The topological polar surface area (TPSA) is 47.0 Å². The van der Waals surface area contributed by atoms with Crippen molar-refractivity contribution in [2.45, 2.75) is 0 Å². The number of benzene rings is 1. The van der Waals surface area contributed by atoms with E-state index in [1.54, 1.807) is 7.11 Å². The van der Waals surface area contributed by atoms with Gasteiger partial charge in [0.1, 0.15) is 15.7 Å². The van der Waals surface area contributed by atoms with Gasteiger partial charge in [-0.3, -0.25) is 0 Å². The average molecular weight is 292 g/mol. The number of anilines is 2. The molecule has 0 aliphatic rings. The van der Waals surface area contributed by atoms with Crippen LogP contribution in [0.3, 0.4) is 0 Å². The molecule has 0 unspecified atom stereocenters. The van der Waals surface area contributed by atoms with Gasteiger partial charge >= 0.3 is 0 Å². The molecule has 0 aliphatic carbocycles. The first-order valence-electron chi connectivity index (χ1n) is 5.58. The summed E-state index contributed by atoms with van der Waals surface area (Å²) in [5.74, 6) is 1.29. The molecule has 0 aliphatic heterocycles. The van der Waals surface area contributed by atoms with Crippen LogP contribution in [0.5, 0.6) is 5.75 Å². The molecule has 0 fully saturated rings. The van der Waals surface area contributed by atoms with Crippen LogP contribution >= 0.6 is 22.9 Å². The van der Waals surface area contributed by atoms with Crippen molar-refractivity contribution in [3.8, 4) is 5.75 Å². The van der Waals surface area contributed by atoms with Crippen LogP contribution in [0.25, 0.3) is 10.2 Å². The number of fused-ring (bicyclic) bond motifs is 1. The Labute approximate surface area is 119 Å². The van der Waals surface area contributed by atoms with Gasteiger partial charge in [-0.25, -0.2) is 9.97 Å². The molecule has 0 saturated heterocycles. The standard InChI is InChI=1S/C13H10ClN3OS/c1-18-9-4-2-8(3-5-9)15-13-16-11(14)10-6-7-19-12(10)17-13/h2-7H,1H3,(H,15,16,17). The molecule has 0 amide bonds. The fourth-order valence-electron chi connectivity index (χ4n) is 1.68. The van der Waals surface area contributed by atoms with E-state index < -0.39 is 0 Å². The minimum Gasteiger partial charge on any atom is -0.497 e. The Morgan fingerprint density at radius 2 is 1.95 bits per heavy atom. The number of rotatable bonds is 3. The van der Waals surface area contributed by atoms with Gasteiger partial charge in [0, 0.05) is 11.1 Å². The van der Waals surface area contributed by atoms with Crippen molar-refractivity contribution < 1.29 is 4.74 Å². The summed E-state index contributed by atoms with van der Waals surface area (Å²) in [5.41, 5.74) is 0.882. The molecule has 0 spiro atoms. The zero-order valence-corrected chi connectivity index (χ0v) is 11.6. The van der Waals surface area contributed by atoms with Crippen molar-refractivity contribution in [2.75, 3.05) is 12.4 Å². The van der Waals surface area contributed by atoms with E-state index in [4.69, 9.17) is 16.3 Å². The summed E-state index contributed by atoms with van der Waals surface area (Å²) < 4.78 is 5.11. The summed E-state index contributed by atoms with van der Waals surface area (Å²) in [6.45, 7) is 0. The maximum absolute atomic E-state index is 6.11. The summed E-state index contributed by atoms with van der Waals surface area (Å²) >= 11 is 7.65. The molecule has 6 heteroatoms. The van der Waals surface area contributed by atoms with E-state index in [0.29, 0.717) is 11.1 Å². The summed E-state index contributed by atoms with van der Waals surface area (Å²) in [5, 5.41) is 6.41. The Morgan fingerprint density at radius 1 is 1.16 bits per heavy atom. The van der Waals surface area contributed by atoms with E-state index in [2.05, 4.69) is 15.3 Å². The summed E-state index contributed by atoms with van der Waals surface area (Å²) in [7, 11) is 1.63. The average Bonchev–Trinajstić information content (AvgIpc) is 2.88. The molecule has 4 nitrogen and oxygen atoms in total. The van der Waals surface area contributed by atoms with Crippen LogP contribution in [0.15, 0.2) is 35.7 Å². The largest absolute Gasteiger partial charge is 0.497 e. The minimum atomic E-state index is 0.460. The fraction of sp³-hybridized carbons (Fsp3) is 0.0769. The minimum absolute atomic E-state index is 0.460. The molecule has 19 heavy (non-hydrogen) atoms. The third-order valence-corrected chi connectivity index (χ3v) is 3.72. The molecule has 96 valence electrons. The van der Waals surface area contributed by atoms with E-state index >= 15 is 0 Å². The van der Waals surface area contributed by atoms with Gasteiger partial charge in [-0.2, -0.15) is 0 Å². The van der Waals surface area contributed by atoms with E-state index in [1.165, 1.54) is 11.3 Å². The monoisotopic (exact) mass is 291 g/mol. The van der Waals surface area contributed by atoms with Gasteiger partial charge < -0.3 is 10.1 Å². The van der Waals surface area contributed by atoms with E-state index in [1.807, 2.05) is 35.7 Å². The quantitative estimate of drug-likeness (QED) is 0.738. The zero-order valence-electron chi connectivity index (χ0n) is 10.1. The normalized spacial score (nSPS) is 10.6. The summed E-state index contributed by atoms with van der Waals surface area (Å²) in [6, 6.07) is 9.45. The first-order chi connectivity index (χ1) is 9.26. The number of ether oxygens (including phenoxy) is 1. The lowest BCUT2D eigenvalue weighted by Crippen LogP contribution is -1.97. The van der Waals surface area contributed by atoms with Gasteiger partial charge in [-0.05, 0) is 35.7 Å². The highest BCUT2D eigenvalue weighted by molar-refractivity contribution is 7.16. The SMILES string of the molecule is COc1ccc(Nc2nc(Cl)c3ccsc3n2)cc1. The highest BCUT2D eigenvalue weighted by Crippen LogP contribution is 2.27. The highest BCUT2D eigenvalue weighted by Gasteiger charge is 2.07. The Hall–Kier alpha value is -1.85. The van der Waals surface area contributed by atoms with Crippen LogP contribution in [0.1, 0.15) is 0 Å². The smallest absolute Gasteiger partial charge is 0.230 e. The lowest BCUT2D eigenvalue weighted by atomic mass is 10.3. The summed E-state index contributed by atoms with van der Waals surface area (Å²) in [6.07, 6.45) is 0. The van der Waals surface area contributed by atoms with E-state index in [9.17, 15) is 0 Å². The number of nitrogens with zero attached hydrogens (tertiary/aromatic N) is 2. The Balaban J connectivity index is 1.91. The zero-order chi connectivity index (χ0) is 13.2. The predicted octanol–water partition coefficient (Wildman–Crippen LogP) is 4.10. The second kappa shape index (κ2) is 5.03. The van der Waals surface area contributed by atoms with Crippen molar-refractivity contribution in [3.05, 3.63) is 40.9 Å². The van der Waals surface area contributed by atoms with Crippen LogP contribution in [0, 0.1) is 0 Å². The van der Waals surface area contributed by atoms with Crippen LogP contribution in [-0.4, -0.2) is 17.1 Å². The number of thiophene rings is 1. The van der Waals surface area contributed by atoms with Gasteiger partial charge in [-0.15, -0.1) is 11.3 Å². The molecule has 0 atom stereocenters. The van der Waals surface area contributed by atoms with Gasteiger partial charge in [-0.1, -0.05) is 11.6 Å². The molecule has 0 bridgehead atoms. The van der Waals surface area contributed by atoms with Crippen LogP contribution in [0.2, 0.25) is 5.15 Å². The van der Waals surface area contributed by atoms with Crippen LogP contribution < -0.4 is 10.1 Å². The van der Waals surface area contributed by atoms with Crippen molar-refractivity contribution in [1.29, 1.82) is 0 Å². The molecule has 2 heterocycles. The number of hydrogen-bond donors (Lipinski definition) is 1. The summed E-state index contributed by atoms with van der Waals surface area (Å²) in [4.78, 5) is 9.52. The lowest BCUT2D eigenvalue weighted by molar-refractivity contribution is 0.415. The molecule has 3 aromatic rings. The van der Waals surface area contributed by atoms with Gasteiger partial charge in [0.25, 0.3) is 0 Å². The van der Waals surface area contributed by atoms with Gasteiger partial charge in [0.2, 0.25) is 5.95 Å². The second-order valence-corrected chi connectivity index (χ2v) is 5.08. The van der Waals surface area contributed by atoms with Crippen molar-refractivity contribution in [1.82, 2.24) is 9.97 Å². The predicted molar refractivity (Wildman–Crippen MR) is 78.7 cm³/mol. The Morgan fingerprint density at radius 3 is 2.68 bits per heavy atom. The Bertz CT molecular complexity index is 711. The van der Waals surface area contributed by atoms with Crippen molar-refractivity contribution >= 4 is 44.8 Å². The first kappa shape index (κ1) is 12.2. The second-order valence-electron chi connectivity index (χ2n) is 3.83. The number of nitrogens with one attached hydrogen (secondary N) is 1. The molecular formula is C13H10ClN3OS. The Kier molecular flexibility index (Phi) is 3.23. The van der Waals surface area contributed by atoms with E-state index in [-0.39, 0.29) is 0 Å². The number of hydrogen-bond acceptors (Lipinski definition) is 5. The lowest BCUT2D eigenvalue weighted by Gasteiger charge is -2.06. The highest BCUT2D eigenvalue weighted by atomic mass is 35.5.